The molecule has 0 saturated carbocycles. The van der Waals surface area contributed by atoms with Gasteiger partial charge in [0.2, 0.25) is 0 Å². The van der Waals surface area contributed by atoms with Crippen molar-refractivity contribution in [3.05, 3.63) is 23.2 Å². The molecule has 2 N–H and O–H groups in total. The van der Waals surface area contributed by atoms with E-state index in [2.05, 4.69) is 80.1 Å². The zero-order valence-electron chi connectivity index (χ0n) is 12.2. The van der Waals surface area contributed by atoms with Crippen molar-refractivity contribution in [2.75, 3.05) is 0 Å². The summed E-state index contributed by atoms with van der Waals surface area (Å²) in [6.07, 6.45) is 8.28. The Labute approximate surface area is 140 Å². The van der Waals surface area contributed by atoms with E-state index >= 15 is 0 Å². The molecular formula is C19H9N3S. The fraction of sp³-hybridized carbons (Fsp3) is 0.0526. The minimum atomic E-state index is 0.634. The molecule has 0 aliphatic carbocycles. The molecule has 2 aromatic heterocycles. The second-order valence-electron chi connectivity index (χ2n) is 3.49. The van der Waals surface area contributed by atoms with Crippen LogP contribution in [0.4, 0.5) is 0 Å². The number of nitrogens with zero attached hydrogens (tertiary/aromatic N) is 1. The third-order valence-corrected chi connectivity index (χ3v) is 2.39. The predicted molar refractivity (Wildman–Crippen MR) is 94.7 cm³/mol. The van der Waals surface area contributed by atoms with Gasteiger partial charge in [0, 0.05) is 6.20 Å². The Morgan fingerprint density at radius 2 is 1.57 bits per heavy atom. The summed E-state index contributed by atoms with van der Waals surface area (Å²) in [5.41, 5.74) is 0.931. The largest absolute Gasteiger partial charge is 0.348 e. The highest BCUT2D eigenvalue weighted by Crippen LogP contribution is 2.07. The molecule has 0 spiro atoms. The molecule has 23 heavy (non-hydrogen) atoms. The lowest BCUT2D eigenvalue weighted by Gasteiger charge is -1.86. The molecule has 0 aliphatic rings. The van der Waals surface area contributed by atoms with Gasteiger partial charge in [0.1, 0.15) is 10.3 Å². The first-order chi connectivity index (χ1) is 11.3. The first kappa shape index (κ1) is 17.3. The zero-order valence-corrected chi connectivity index (χ0v) is 13.0. The number of hydrogen-bond acceptors (Lipinski definition) is 2. The van der Waals surface area contributed by atoms with Crippen molar-refractivity contribution in [1.82, 2.24) is 15.0 Å². The maximum Gasteiger partial charge on any atom is 0.138 e. The summed E-state index contributed by atoms with van der Waals surface area (Å²) >= 11 is 4.96. The molecule has 0 amide bonds. The molecule has 4 heteroatoms. The minimum absolute atomic E-state index is 0.634. The SMILES string of the molecule is C#CC#CC#CC#CC#CC#CC.S=c1nc[nH]c2[nH]ccc12. The van der Waals surface area contributed by atoms with Gasteiger partial charge in [-0.1, -0.05) is 18.1 Å². The van der Waals surface area contributed by atoms with E-state index in [1.54, 1.807) is 13.3 Å². The van der Waals surface area contributed by atoms with E-state index in [9.17, 15) is 0 Å². The molecule has 2 rings (SSSR count). The van der Waals surface area contributed by atoms with Crippen molar-refractivity contribution < 1.29 is 0 Å². The summed E-state index contributed by atoms with van der Waals surface area (Å²) in [7, 11) is 0. The second-order valence-corrected chi connectivity index (χ2v) is 3.88. The van der Waals surface area contributed by atoms with Gasteiger partial charge in [0.05, 0.1) is 11.7 Å². The number of aromatic amines is 2. The molecular weight excluding hydrogens is 302 g/mol. The lowest BCUT2D eigenvalue weighted by atomic mass is 10.4. The quantitative estimate of drug-likeness (QED) is 0.579. The molecule has 0 unspecified atom stereocenters. The van der Waals surface area contributed by atoms with Crippen LogP contribution >= 0.6 is 12.2 Å². The standard InChI is InChI=1S/C13H4.C6H5N3S/c1-3-5-7-9-11-13-12-10-8-6-4-2;10-6-4-1-2-7-5(4)8-3-9-6/h1H,2H3;1-3H,(H2,7,8,9,10). The Bertz CT molecular complexity index is 1080. The van der Waals surface area contributed by atoms with Crippen molar-refractivity contribution >= 4 is 23.3 Å². The smallest absolute Gasteiger partial charge is 0.138 e. The van der Waals surface area contributed by atoms with E-state index in [4.69, 9.17) is 18.6 Å². The molecule has 3 nitrogen and oxygen atoms in total. The van der Waals surface area contributed by atoms with Crippen LogP contribution in [0.1, 0.15) is 6.92 Å². The number of rotatable bonds is 0. The number of H-pyrrole nitrogens is 2. The summed E-state index contributed by atoms with van der Waals surface area (Å²) in [5, 5.41) is 0.970. The summed E-state index contributed by atoms with van der Waals surface area (Å²) in [6.45, 7) is 1.71. The summed E-state index contributed by atoms with van der Waals surface area (Å²) in [6, 6.07) is 1.90. The van der Waals surface area contributed by atoms with Crippen LogP contribution in [0.5, 0.6) is 0 Å². The lowest BCUT2D eigenvalue weighted by Crippen LogP contribution is -1.78. The number of aromatic nitrogens is 3. The van der Waals surface area contributed by atoms with Gasteiger partial charge in [0.15, 0.2) is 0 Å². The van der Waals surface area contributed by atoms with E-state index in [1.807, 2.05) is 12.3 Å². The Hall–Kier alpha value is -3.80. The molecule has 106 valence electrons. The van der Waals surface area contributed by atoms with Crippen LogP contribution < -0.4 is 0 Å². The minimum Gasteiger partial charge on any atom is -0.348 e. The van der Waals surface area contributed by atoms with Gasteiger partial charge >= 0.3 is 0 Å². The van der Waals surface area contributed by atoms with Crippen LogP contribution in [0.25, 0.3) is 11.0 Å². The number of fused-ring (bicyclic) bond motifs is 1. The molecule has 0 radical (unpaired) electrons. The summed E-state index contributed by atoms with van der Waals surface area (Å²) in [5.74, 6) is 26.9. The fourth-order valence-electron chi connectivity index (χ4n) is 1.21. The maximum atomic E-state index is 4.96. The maximum absolute atomic E-state index is 4.96. The monoisotopic (exact) mass is 311 g/mol. The molecule has 2 aromatic rings. The van der Waals surface area contributed by atoms with Crippen molar-refractivity contribution in [3.8, 4) is 71.5 Å². The average Bonchev–Trinajstić information content (AvgIpc) is 3.04. The van der Waals surface area contributed by atoms with Crippen LogP contribution in [0.2, 0.25) is 0 Å². The number of nitrogens with one attached hydrogen (secondary N) is 2. The summed E-state index contributed by atoms with van der Waals surface area (Å²) in [4.78, 5) is 9.86. The molecule has 0 atom stereocenters. The van der Waals surface area contributed by atoms with E-state index in [0.29, 0.717) is 4.64 Å². The van der Waals surface area contributed by atoms with Gasteiger partial charge < -0.3 is 9.97 Å². The van der Waals surface area contributed by atoms with Crippen LogP contribution in [0, 0.1) is 76.2 Å². The molecule has 0 fully saturated rings. The first-order valence-corrected chi connectivity index (χ1v) is 6.58. The van der Waals surface area contributed by atoms with Crippen LogP contribution in [0.3, 0.4) is 0 Å². The van der Waals surface area contributed by atoms with Gasteiger partial charge in [-0.25, -0.2) is 4.98 Å². The Balaban J connectivity index is 0.000000235. The van der Waals surface area contributed by atoms with Crippen molar-refractivity contribution in [3.63, 3.8) is 0 Å². The lowest BCUT2D eigenvalue weighted by molar-refractivity contribution is 1.19. The molecule has 0 saturated heterocycles. The molecule has 0 aromatic carbocycles. The zero-order chi connectivity index (χ0) is 16.8. The van der Waals surface area contributed by atoms with E-state index in [-0.39, 0.29) is 0 Å². The van der Waals surface area contributed by atoms with E-state index in [1.165, 1.54) is 0 Å². The van der Waals surface area contributed by atoms with Crippen molar-refractivity contribution in [1.29, 1.82) is 0 Å². The highest BCUT2D eigenvalue weighted by atomic mass is 32.1. The van der Waals surface area contributed by atoms with Crippen molar-refractivity contribution in [2.24, 2.45) is 0 Å². The fourth-order valence-corrected chi connectivity index (χ4v) is 1.43. The van der Waals surface area contributed by atoms with E-state index in [0.717, 1.165) is 11.0 Å². The Morgan fingerprint density at radius 1 is 0.957 bits per heavy atom. The number of hydrogen-bond donors (Lipinski definition) is 2. The average molecular weight is 311 g/mol. The van der Waals surface area contributed by atoms with Gasteiger partial charge in [-0.15, -0.1) is 6.42 Å². The van der Waals surface area contributed by atoms with E-state index < -0.39 is 0 Å². The third kappa shape index (κ3) is 6.96. The van der Waals surface area contributed by atoms with Crippen LogP contribution in [0.15, 0.2) is 18.6 Å². The topological polar surface area (TPSA) is 44.5 Å². The Morgan fingerprint density at radius 3 is 2.13 bits per heavy atom. The highest BCUT2D eigenvalue weighted by molar-refractivity contribution is 7.71. The Kier molecular flexibility index (Phi) is 8.19. The van der Waals surface area contributed by atoms with Gasteiger partial charge in [-0.3, -0.25) is 0 Å². The predicted octanol–water partition coefficient (Wildman–Crippen LogP) is 2.28. The van der Waals surface area contributed by atoms with Crippen LogP contribution in [-0.2, 0) is 0 Å². The summed E-state index contributed by atoms with van der Waals surface area (Å²) < 4.78 is 0.634. The third-order valence-electron chi connectivity index (χ3n) is 2.07. The molecule has 0 bridgehead atoms. The highest BCUT2D eigenvalue weighted by Gasteiger charge is 1.92. The number of terminal acetylenes is 1. The molecule has 0 aliphatic heterocycles. The van der Waals surface area contributed by atoms with Crippen molar-refractivity contribution in [2.45, 2.75) is 6.92 Å². The van der Waals surface area contributed by atoms with Gasteiger partial charge in [-0.2, -0.15) is 0 Å². The normalized spacial score (nSPS) is 6.61. The van der Waals surface area contributed by atoms with Crippen LogP contribution in [-0.4, -0.2) is 15.0 Å². The first-order valence-electron chi connectivity index (χ1n) is 6.17. The van der Waals surface area contributed by atoms with Gasteiger partial charge in [-0.05, 0) is 72.2 Å². The molecule has 2 heterocycles. The second kappa shape index (κ2) is 10.9. The van der Waals surface area contributed by atoms with Gasteiger partial charge in [0.25, 0.3) is 0 Å².